The lowest BCUT2D eigenvalue weighted by Crippen LogP contribution is -2.33. The molecule has 0 fully saturated rings. The van der Waals surface area contributed by atoms with Gasteiger partial charge in [-0.2, -0.15) is 0 Å². The van der Waals surface area contributed by atoms with E-state index in [1.54, 1.807) is 13.3 Å². The number of pyridine rings is 1. The highest BCUT2D eigenvalue weighted by Gasteiger charge is 2.19. The fourth-order valence-corrected chi connectivity index (χ4v) is 1.65. The highest BCUT2D eigenvalue weighted by atomic mass is 16.5. The molecule has 4 heteroatoms. The summed E-state index contributed by atoms with van der Waals surface area (Å²) in [5.74, 6) is 0.806. The molecule has 0 radical (unpaired) electrons. The fourth-order valence-electron chi connectivity index (χ4n) is 1.65. The van der Waals surface area contributed by atoms with Crippen LogP contribution < -0.4 is 4.74 Å². The molecule has 0 spiro atoms. The van der Waals surface area contributed by atoms with Gasteiger partial charge in [0, 0.05) is 31.8 Å². The van der Waals surface area contributed by atoms with Crippen molar-refractivity contribution in [3.63, 3.8) is 0 Å². The molecular weight excluding hydrogens is 204 g/mol. The topological polar surface area (TPSA) is 35.8 Å². The monoisotopic (exact) mass is 220 g/mol. The molecule has 0 amide bonds. The highest BCUT2D eigenvalue weighted by molar-refractivity contribution is 5.44. The smallest absolute Gasteiger partial charge is 0.140 e. The van der Waals surface area contributed by atoms with Crippen LogP contribution in [0.5, 0.6) is 5.75 Å². The Morgan fingerprint density at radius 3 is 2.94 bits per heavy atom. The van der Waals surface area contributed by atoms with E-state index in [2.05, 4.69) is 4.98 Å². The highest BCUT2D eigenvalue weighted by Crippen LogP contribution is 2.19. The summed E-state index contributed by atoms with van der Waals surface area (Å²) < 4.78 is 12.9. The molecule has 0 saturated heterocycles. The molecule has 0 aliphatic carbocycles. The molecule has 2 rings (SSSR count). The second kappa shape index (κ2) is 4.14. The standard InChI is InChI=1S/C12H16N2O2/c1-12(2,9-15-3)16-10-4-6-14-7-5-13-11(14)8-10/h4-8H,9H2,1-3H3. The Morgan fingerprint density at radius 1 is 1.38 bits per heavy atom. The zero-order valence-electron chi connectivity index (χ0n) is 9.80. The van der Waals surface area contributed by atoms with Gasteiger partial charge in [-0.15, -0.1) is 0 Å². The van der Waals surface area contributed by atoms with E-state index in [-0.39, 0.29) is 5.60 Å². The van der Waals surface area contributed by atoms with Crippen LogP contribution in [0, 0.1) is 0 Å². The zero-order valence-corrected chi connectivity index (χ0v) is 9.80. The number of imidazole rings is 1. The van der Waals surface area contributed by atoms with Crippen LogP contribution in [0.2, 0.25) is 0 Å². The Hall–Kier alpha value is -1.55. The van der Waals surface area contributed by atoms with Gasteiger partial charge in [-0.25, -0.2) is 4.98 Å². The summed E-state index contributed by atoms with van der Waals surface area (Å²) in [6.07, 6.45) is 5.60. The average molecular weight is 220 g/mol. The maximum Gasteiger partial charge on any atom is 0.140 e. The van der Waals surface area contributed by atoms with Gasteiger partial charge in [0.15, 0.2) is 0 Å². The quantitative estimate of drug-likeness (QED) is 0.792. The molecule has 0 aromatic carbocycles. The zero-order chi connectivity index (χ0) is 11.6. The minimum Gasteiger partial charge on any atom is -0.485 e. The van der Waals surface area contributed by atoms with Crippen molar-refractivity contribution in [1.29, 1.82) is 0 Å². The van der Waals surface area contributed by atoms with Crippen molar-refractivity contribution in [3.8, 4) is 5.75 Å². The van der Waals surface area contributed by atoms with Crippen LogP contribution in [0.1, 0.15) is 13.8 Å². The second-order valence-electron chi connectivity index (χ2n) is 4.35. The van der Waals surface area contributed by atoms with E-state index in [4.69, 9.17) is 9.47 Å². The van der Waals surface area contributed by atoms with E-state index < -0.39 is 0 Å². The molecule has 16 heavy (non-hydrogen) atoms. The number of nitrogens with zero attached hydrogens (tertiary/aromatic N) is 2. The third-order valence-corrected chi connectivity index (χ3v) is 2.26. The molecule has 0 unspecified atom stereocenters. The first-order valence-corrected chi connectivity index (χ1v) is 5.21. The first-order valence-electron chi connectivity index (χ1n) is 5.21. The Bertz CT molecular complexity index is 477. The van der Waals surface area contributed by atoms with Gasteiger partial charge in [0.2, 0.25) is 0 Å². The van der Waals surface area contributed by atoms with Crippen molar-refractivity contribution in [2.24, 2.45) is 0 Å². The van der Waals surface area contributed by atoms with Crippen LogP contribution >= 0.6 is 0 Å². The summed E-state index contributed by atoms with van der Waals surface area (Å²) in [4.78, 5) is 4.21. The van der Waals surface area contributed by atoms with Crippen molar-refractivity contribution < 1.29 is 9.47 Å². The lowest BCUT2D eigenvalue weighted by molar-refractivity contribution is 0.0181. The van der Waals surface area contributed by atoms with E-state index >= 15 is 0 Å². The lowest BCUT2D eigenvalue weighted by Gasteiger charge is -2.25. The predicted molar refractivity (Wildman–Crippen MR) is 61.8 cm³/mol. The first-order chi connectivity index (χ1) is 7.61. The number of ether oxygens (including phenoxy) is 2. The molecule has 0 N–H and O–H groups in total. The maximum absolute atomic E-state index is 5.84. The van der Waals surface area contributed by atoms with Gasteiger partial charge in [0.25, 0.3) is 0 Å². The Labute approximate surface area is 94.8 Å². The Morgan fingerprint density at radius 2 is 2.19 bits per heavy atom. The van der Waals surface area contributed by atoms with Crippen LogP contribution in [0.4, 0.5) is 0 Å². The van der Waals surface area contributed by atoms with Gasteiger partial charge in [-0.1, -0.05) is 0 Å². The average Bonchev–Trinajstić information content (AvgIpc) is 2.63. The van der Waals surface area contributed by atoms with E-state index in [1.807, 2.05) is 42.8 Å². The van der Waals surface area contributed by atoms with E-state index in [0.717, 1.165) is 11.4 Å². The molecule has 0 aliphatic heterocycles. The van der Waals surface area contributed by atoms with Crippen molar-refractivity contribution >= 4 is 5.65 Å². The third-order valence-electron chi connectivity index (χ3n) is 2.26. The number of fused-ring (bicyclic) bond motifs is 1. The maximum atomic E-state index is 5.84. The summed E-state index contributed by atoms with van der Waals surface area (Å²) in [7, 11) is 1.67. The molecule has 2 heterocycles. The van der Waals surface area contributed by atoms with Crippen molar-refractivity contribution in [2.45, 2.75) is 19.4 Å². The molecule has 0 aliphatic rings. The predicted octanol–water partition coefficient (Wildman–Crippen LogP) is 2.14. The molecular formula is C12H16N2O2. The van der Waals surface area contributed by atoms with Gasteiger partial charge in [-0.3, -0.25) is 0 Å². The van der Waals surface area contributed by atoms with Crippen molar-refractivity contribution in [2.75, 3.05) is 13.7 Å². The molecule has 0 saturated carbocycles. The number of hydrogen-bond acceptors (Lipinski definition) is 3. The van der Waals surface area contributed by atoms with E-state index in [9.17, 15) is 0 Å². The molecule has 2 aromatic heterocycles. The van der Waals surface area contributed by atoms with Crippen molar-refractivity contribution in [3.05, 3.63) is 30.7 Å². The number of rotatable bonds is 4. The van der Waals surface area contributed by atoms with Crippen LogP contribution in [0.25, 0.3) is 5.65 Å². The van der Waals surface area contributed by atoms with Crippen LogP contribution in [0.15, 0.2) is 30.7 Å². The van der Waals surface area contributed by atoms with Gasteiger partial charge in [0.1, 0.15) is 17.0 Å². The van der Waals surface area contributed by atoms with Crippen LogP contribution in [0.3, 0.4) is 0 Å². The molecule has 0 atom stereocenters. The summed E-state index contributed by atoms with van der Waals surface area (Å²) in [5.41, 5.74) is 0.547. The number of aromatic nitrogens is 2. The summed E-state index contributed by atoms with van der Waals surface area (Å²) in [6.45, 7) is 4.53. The van der Waals surface area contributed by atoms with Gasteiger partial charge >= 0.3 is 0 Å². The van der Waals surface area contributed by atoms with E-state index in [1.165, 1.54) is 0 Å². The third kappa shape index (κ3) is 2.33. The van der Waals surface area contributed by atoms with Crippen LogP contribution in [-0.4, -0.2) is 28.7 Å². The molecule has 2 aromatic rings. The Kier molecular flexibility index (Phi) is 2.83. The Balaban J connectivity index is 2.20. The normalized spacial score (nSPS) is 11.9. The molecule has 0 bridgehead atoms. The van der Waals surface area contributed by atoms with Crippen LogP contribution in [-0.2, 0) is 4.74 Å². The van der Waals surface area contributed by atoms with Gasteiger partial charge in [-0.05, 0) is 19.9 Å². The largest absolute Gasteiger partial charge is 0.485 e. The number of methoxy groups -OCH3 is 1. The fraction of sp³-hybridized carbons (Fsp3) is 0.417. The molecule has 4 nitrogen and oxygen atoms in total. The number of hydrogen-bond donors (Lipinski definition) is 0. The van der Waals surface area contributed by atoms with E-state index in [0.29, 0.717) is 6.61 Å². The second-order valence-corrected chi connectivity index (χ2v) is 4.35. The summed E-state index contributed by atoms with van der Waals surface area (Å²) in [6, 6.07) is 3.84. The minimum absolute atomic E-state index is 0.334. The first kappa shape index (κ1) is 11.0. The SMILES string of the molecule is COCC(C)(C)Oc1ccn2ccnc2c1. The minimum atomic E-state index is -0.334. The van der Waals surface area contributed by atoms with Gasteiger partial charge in [0.05, 0.1) is 6.61 Å². The van der Waals surface area contributed by atoms with Gasteiger partial charge < -0.3 is 13.9 Å². The summed E-state index contributed by atoms with van der Waals surface area (Å²) >= 11 is 0. The molecule has 86 valence electrons. The summed E-state index contributed by atoms with van der Waals surface area (Å²) in [5, 5.41) is 0. The van der Waals surface area contributed by atoms with Crippen molar-refractivity contribution in [1.82, 2.24) is 9.38 Å². The lowest BCUT2D eigenvalue weighted by atomic mass is 10.1.